The second-order valence-electron chi connectivity index (χ2n) is 11.8. The number of aromatic hydroxyl groups is 1. The molecule has 1 saturated carbocycles. The van der Waals surface area contributed by atoms with Crippen LogP contribution in [0.3, 0.4) is 0 Å². The third-order valence-electron chi connectivity index (χ3n) is 9.40. The van der Waals surface area contributed by atoms with Gasteiger partial charge in [0.25, 0.3) is 0 Å². The fourth-order valence-electron chi connectivity index (χ4n) is 6.73. The van der Waals surface area contributed by atoms with Gasteiger partial charge in [-0.05, 0) is 85.8 Å². The predicted octanol–water partition coefficient (Wildman–Crippen LogP) is 6.35. The maximum atomic E-state index is 12.3. The highest BCUT2D eigenvalue weighted by Crippen LogP contribution is 2.56. The Bertz CT molecular complexity index is 1220. The van der Waals surface area contributed by atoms with Crippen molar-refractivity contribution < 1.29 is 15.3 Å². The van der Waals surface area contributed by atoms with Crippen molar-refractivity contribution in [2.45, 2.75) is 73.0 Å². The van der Waals surface area contributed by atoms with E-state index in [1.165, 1.54) is 22.3 Å². The summed E-state index contributed by atoms with van der Waals surface area (Å²) >= 11 is 0. The lowest BCUT2D eigenvalue weighted by molar-refractivity contribution is -0.199. The number of aryl methyl sites for hydroxylation is 3. The van der Waals surface area contributed by atoms with Gasteiger partial charge in [0.05, 0.1) is 12.2 Å². The molecule has 0 aromatic heterocycles. The van der Waals surface area contributed by atoms with E-state index < -0.39 is 23.0 Å². The lowest BCUT2D eigenvalue weighted by Crippen LogP contribution is -2.64. The minimum atomic E-state index is -0.683. The maximum absolute atomic E-state index is 12.3. The van der Waals surface area contributed by atoms with Gasteiger partial charge in [-0.1, -0.05) is 87.0 Å². The van der Waals surface area contributed by atoms with Crippen LogP contribution < -0.4 is 0 Å². The van der Waals surface area contributed by atoms with E-state index in [1.54, 1.807) is 6.07 Å². The molecule has 0 amide bonds. The van der Waals surface area contributed by atoms with Crippen LogP contribution in [0.15, 0.2) is 66.7 Å². The van der Waals surface area contributed by atoms with Crippen molar-refractivity contribution in [3.63, 3.8) is 0 Å². The Labute approximate surface area is 216 Å². The summed E-state index contributed by atoms with van der Waals surface area (Å²) in [6, 6.07) is 22.3. The third-order valence-corrected chi connectivity index (χ3v) is 9.40. The number of aliphatic hydroxyl groups excluding tert-OH is 2. The molecule has 1 aliphatic rings. The Hall–Kier alpha value is -2.62. The largest absolute Gasteiger partial charge is 0.508 e. The van der Waals surface area contributed by atoms with Crippen LogP contribution in [0.5, 0.6) is 5.75 Å². The number of phenolic OH excluding ortho intramolecular Hbond substituents is 1. The molecule has 3 aromatic carbocycles. The summed E-state index contributed by atoms with van der Waals surface area (Å²) in [6.07, 6.45) is 0.575. The highest BCUT2D eigenvalue weighted by atomic mass is 16.3. The highest BCUT2D eigenvalue weighted by molar-refractivity contribution is 5.38. The standard InChI is InChI=1S/C33H42O3/c1-21-15-16-29(34)27(17-21)20-33(6)28(18-25-13-9-7-11-22(25)2)30(35)24(4)32(5,31(33)36)19-26-14-10-8-12-23(26)3/h7-17,24,28,30-31,34-36H,18-20H2,1-6H3. The predicted molar refractivity (Wildman–Crippen MR) is 147 cm³/mol. The average Bonchev–Trinajstić information content (AvgIpc) is 2.85. The van der Waals surface area contributed by atoms with Crippen LogP contribution in [-0.4, -0.2) is 27.5 Å². The highest BCUT2D eigenvalue weighted by Gasteiger charge is 2.60. The van der Waals surface area contributed by atoms with E-state index in [9.17, 15) is 15.3 Å². The maximum Gasteiger partial charge on any atom is 0.118 e. The summed E-state index contributed by atoms with van der Waals surface area (Å²) < 4.78 is 0. The Morgan fingerprint density at radius 2 is 1.28 bits per heavy atom. The summed E-state index contributed by atoms with van der Waals surface area (Å²) in [5.41, 5.74) is 5.50. The minimum Gasteiger partial charge on any atom is -0.508 e. The molecule has 4 rings (SSSR count). The number of rotatable bonds is 6. The smallest absolute Gasteiger partial charge is 0.118 e. The monoisotopic (exact) mass is 486 g/mol. The second kappa shape index (κ2) is 10.0. The van der Waals surface area contributed by atoms with Crippen LogP contribution in [0.1, 0.15) is 54.2 Å². The molecule has 0 heterocycles. The third kappa shape index (κ3) is 4.71. The Balaban J connectivity index is 1.82. The van der Waals surface area contributed by atoms with E-state index >= 15 is 0 Å². The second-order valence-corrected chi connectivity index (χ2v) is 11.8. The van der Waals surface area contributed by atoms with E-state index in [4.69, 9.17) is 0 Å². The lowest BCUT2D eigenvalue weighted by atomic mass is 9.48. The van der Waals surface area contributed by atoms with E-state index in [1.807, 2.05) is 43.3 Å². The van der Waals surface area contributed by atoms with Gasteiger partial charge in [-0.15, -0.1) is 0 Å². The van der Waals surface area contributed by atoms with Crippen molar-refractivity contribution in [2.75, 3.05) is 0 Å². The van der Waals surface area contributed by atoms with Crippen LogP contribution in [0.2, 0.25) is 0 Å². The molecule has 36 heavy (non-hydrogen) atoms. The first kappa shape index (κ1) is 26.4. The van der Waals surface area contributed by atoms with E-state index in [0.717, 1.165) is 11.1 Å². The molecular weight excluding hydrogens is 444 g/mol. The van der Waals surface area contributed by atoms with Crippen molar-refractivity contribution in [2.24, 2.45) is 22.7 Å². The Morgan fingerprint density at radius 3 is 1.89 bits per heavy atom. The molecule has 6 atom stereocenters. The molecule has 3 nitrogen and oxygen atoms in total. The van der Waals surface area contributed by atoms with Crippen LogP contribution in [-0.2, 0) is 19.3 Å². The molecule has 192 valence electrons. The fourth-order valence-corrected chi connectivity index (χ4v) is 6.73. The van der Waals surface area contributed by atoms with Crippen molar-refractivity contribution in [3.8, 4) is 5.75 Å². The normalized spacial score (nSPS) is 30.3. The first-order valence-electron chi connectivity index (χ1n) is 13.2. The lowest BCUT2D eigenvalue weighted by Gasteiger charge is -2.59. The fraction of sp³-hybridized carbons (Fsp3) is 0.455. The molecule has 1 fully saturated rings. The minimum absolute atomic E-state index is 0.111. The molecule has 3 N–H and O–H groups in total. The molecule has 3 aromatic rings. The zero-order valence-corrected chi connectivity index (χ0v) is 22.6. The van der Waals surface area contributed by atoms with Gasteiger partial charge in [-0.3, -0.25) is 0 Å². The quantitative estimate of drug-likeness (QED) is 0.381. The van der Waals surface area contributed by atoms with Crippen molar-refractivity contribution in [3.05, 3.63) is 100 Å². The molecule has 3 heteroatoms. The topological polar surface area (TPSA) is 60.7 Å². The van der Waals surface area contributed by atoms with Gasteiger partial charge in [-0.2, -0.15) is 0 Å². The molecular formula is C33H42O3. The van der Waals surface area contributed by atoms with Crippen molar-refractivity contribution in [1.82, 2.24) is 0 Å². The summed E-state index contributed by atoms with van der Waals surface area (Å²) in [6.45, 7) is 12.6. The number of phenols is 1. The Morgan fingerprint density at radius 1 is 0.722 bits per heavy atom. The first-order valence-corrected chi connectivity index (χ1v) is 13.2. The molecule has 1 aliphatic carbocycles. The summed E-state index contributed by atoms with van der Waals surface area (Å²) in [7, 11) is 0. The molecule has 0 aliphatic heterocycles. The molecule has 0 bridgehead atoms. The summed E-state index contributed by atoms with van der Waals surface area (Å²) in [5.74, 6) is -0.0360. The van der Waals surface area contributed by atoms with E-state index in [-0.39, 0.29) is 17.6 Å². The van der Waals surface area contributed by atoms with Crippen LogP contribution in [0.25, 0.3) is 0 Å². The number of aliphatic hydroxyl groups is 2. The molecule has 6 unspecified atom stereocenters. The molecule has 0 radical (unpaired) electrons. The van der Waals surface area contributed by atoms with Crippen LogP contribution in [0, 0.1) is 43.4 Å². The molecule has 0 saturated heterocycles. The summed E-state index contributed by atoms with van der Waals surface area (Å²) in [5, 5.41) is 35.1. The average molecular weight is 487 g/mol. The van der Waals surface area contributed by atoms with Gasteiger partial charge in [0.1, 0.15) is 5.75 Å². The van der Waals surface area contributed by atoms with E-state index in [2.05, 4.69) is 58.9 Å². The number of hydrogen-bond acceptors (Lipinski definition) is 3. The van der Waals surface area contributed by atoms with Gasteiger partial charge in [-0.25, -0.2) is 0 Å². The number of hydrogen-bond donors (Lipinski definition) is 3. The van der Waals surface area contributed by atoms with Gasteiger partial charge in [0, 0.05) is 10.8 Å². The van der Waals surface area contributed by atoms with Crippen LogP contribution >= 0.6 is 0 Å². The Kier molecular flexibility index (Phi) is 7.37. The van der Waals surface area contributed by atoms with Crippen molar-refractivity contribution in [1.29, 1.82) is 0 Å². The molecule has 0 spiro atoms. The van der Waals surface area contributed by atoms with Gasteiger partial charge in [0.15, 0.2) is 0 Å². The van der Waals surface area contributed by atoms with E-state index in [0.29, 0.717) is 19.3 Å². The van der Waals surface area contributed by atoms with Gasteiger partial charge >= 0.3 is 0 Å². The summed E-state index contributed by atoms with van der Waals surface area (Å²) in [4.78, 5) is 0. The SMILES string of the molecule is Cc1ccc(O)c(CC2(C)C(Cc3ccccc3C)C(O)C(C)C(C)(Cc3ccccc3C)C2O)c1. The zero-order valence-electron chi connectivity index (χ0n) is 22.6. The van der Waals surface area contributed by atoms with Crippen LogP contribution in [0.4, 0.5) is 0 Å². The van der Waals surface area contributed by atoms with Crippen molar-refractivity contribution >= 4 is 0 Å². The number of benzene rings is 3. The van der Waals surface area contributed by atoms with Gasteiger partial charge in [0.2, 0.25) is 0 Å². The van der Waals surface area contributed by atoms with Gasteiger partial charge < -0.3 is 15.3 Å². The first-order chi connectivity index (χ1) is 17.0. The zero-order chi connectivity index (χ0) is 26.3.